The maximum Gasteiger partial charge on any atom is 0.326 e. The zero-order valence-electron chi connectivity index (χ0n) is 11.6. The molecule has 1 heterocycles. The van der Waals surface area contributed by atoms with Crippen LogP contribution in [0.3, 0.4) is 0 Å². The monoisotopic (exact) mass is 298 g/mol. The topological polar surface area (TPSA) is 134 Å². The SMILES string of the molecule is CCn1cc(NC(=O)N[C@H](CCCC(=O)O)C(=O)O)cn1. The Morgan fingerprint density at radius 1 is 1.38 bits per heavy atom. The summed E-state index contributed by atoms with van der Waals surface area (Å²) in [5.74, 6) is -2.21. The molecule has 0 radical (unpaired) electrons. The molecule has 1 aromatic heterocycles. The van der Waals surface area contributed by atoms with E-state index >= 15 is 0 Å². The van der Waals surface area contributed by atoms with Crippen LogP contribution in [0.2, 0.25) is 0 Å². The van der Waals surface area contributed by atoms with Crippen LogP contribution in [0.25, 0.3) is 0 Å². The van der Waals surface area contributed by atoms with Crippen LogP contribution >= 0.6 is 0 Å². The first-order valence-electron chi connectivity index (χ1n) is 6.47. The van der Waals surface area contributed by atoms with Crippen LogP contribution in [0.1, 0.15) is 26.2 Å². The van der Waals surface area contributed by atoms with Gasteiger partial charge in [-0.2, -0.15) is 5.10 Å². The Kier molecular flexibility index (Phi) is 6.18. The zero-order chi connectivity index (χ0) is 15.8. The summed E-state index contributed by atoms with van der Waals surface area (Å²) in [6.45, 7) is 2.54. The van der Waals surface area contributed by atoms with Crippen molar-refractivity contribution in [2.24, 2.45) is 0 Å². The van der Waals surface area contributed by atoms with Crippen LogP contribution in [0.5, 0.6) is 0 Å². The Morgan fingerprint density at radius 3 is 2.62 bits per heavy atom. The number of hydrogen-bond donors (Lipinski definition) is 4. The molecule has 0 unspecified atom stereocenters. The molecule has 116 valence electrons. The fourth-order valence-corrected chi connectivity index (χ4v) is 1.64. The third-order valence-corrected chi connectivity index (χ3v) is 2.70. The van der Waals surface area contributed by atoms with Gasteiger partial charge in [0.15, 0.2) is 0 Å². The minimum absolute atomic E-state index is 0.0449. The van der Waals surface area contributed by atoms with E-state index in [1.807, 2.05) is 6.92 Å². The van der Waals surface area contributed by atoms with Crippen LogP contribution in [0.15, 0.2) is 12.4 Å². The van der Waals surface area contributed by atoms with Crippen LogP contribution in [-0.4, -0.2) is 44.0 Å². The van der Waals surface area contributed by atoms with Crippen LogP contribution in [-0.2, 0) is 16.1 Å². The van der Waals surface area contributed by atoms with E-state index in [1.165, 1.54) is 6.20 Å². The number of nitrogens with zero attached hydrogens (tertiary/aromatic N) is 2. The van der Waals surface area contributed by atoms with Gasteiger partial charge >= 0.3 is 18.0 Å². The van der Waals surface area contributed by atoms with Crippen molar-refractivity contribution in [1.29, 1.82) is 0 Å². The van der Waals surface area contributed by atoms with Gasteiger partial charge in [0, 0.05) is 19.2 Å². The lowest BCUT2D eigenvalue weighted by Crippen LogP contribution is -2.43. The number of amides is 2. The van der Waals surface area contributed by atoms with Gasteiger partial charge in [-0.25, -0.2) is 9.59 Å². The number of aliphatic carboxylic acids is 2. The number of carboxylic acid groups (broad SMARTS) is 2. The predicted molar refractivity (Wildman–Crippen MR) is 73.0 cm³/mol. The van der Waals surface area contributed by atoms with E-state index in [9.17, 15) is 14.4 Å². The van der Waals surface area contributed by atoms with E-state index in [-0.39, 0.29) is 19.3 Å². The molecular formula is C12H18N4O5. The summed E-state index contributed by atoms with van der Waals surface area (Å²) in [6, 6.07) is -1.81. The summed E-state index contributed by atoms with van der Waals surface area (Å²) in [5, 5.41) is 26.2. The number of carbonyl (C=O) groups excluding carboxylic acids is 1. The molecule has 1 atom stereocenters. The van der Waals surface area contributed by atoms with E-state index in [1.54, 1.807) is 10.9 Å². The summed E-state index contributed by atoms with van der Waals surface area (Å²) >= 11 is 0. The third-order valence-electron chi connectivity index (χ3n) is 2.70. The van der Waals surface area contributed by atoms with Crippen molar-refractivity contribution in [2.75, 3.05) is 5.32 Å². The highest BCUT2D eigenvalue weighted by Gasteiger charge is 2.20. The molecule has 21 heavy (non-hydrogen) atoms. The Balaban J connectivity index is 2.48. The smallest absolute Gasteiger partial charge is 0.326 e. The van der Waals surface area contributed by atoms with Crippen LogP contribution in [0, 0.1) is 0 Å². The summed E-state index contributed by atoms with van der Waals surface area (Å²) in [4.78, 5) is 33.1. The highest BCUT2D eigenvalue weighted by Crippen LogP contribution is 2.06. The van der Waals surface area contributed by atoms with Crippen molar-refractivity contribution in [2.45, 2.75) is 38.8 Å². The van der Waals surface area contributed by atoms with Crippen LogP contribution in [0.4, 0.5) is 10.5 Å². The van der Waals surface area contributed by atoms with Crippen molar-refractivity contribution in [3.8, 4) is 0 Å². The van der Waals surface area contributed by atoms with E-state index in [0.29, 0.717) is 12.2 Å². The van der Waals surface area contributed by atoms with Gasteiger partial charge in [-0.05, 0) is 19.8 Å². The van der Waals surface area contributed by atoms with Gasteiger partial charge < -0.3 is 20.8 Å². The molecule has 4 N–H and O–H groups in total. The van der Waals surface area contributed by atoms with Gasteiger partial charge in [-0.15, -0.1) is 0 Å². The second-order valence-corrected chi connectivity index (χ2v) is 4.36. The standard InChI is InChI=1S/C12H18N4O5/c1-2-16-7-8(6-13-16)14-12(21)15-9(11(19)20)4-3-5-10(17)18/h6-7,9H,2-5H2,1H3,(H,17,18)(H,19,20)(H2,14,15,21)/t9-/m1/s1. The van der Waals surface area contributed by atoms with Gasteiger partial charge in [0.25, 0.3) is 0 Å². The summed E-state index contributed by atoms with van der Waals surface area (Å²) < 4.78 is 1.61. The molecule has 0 aromatic carbocycles. The highest BCUT2D eigenvalue weighted by molar-refractivity contribution is 5.91. The van der Waals surface area contributed by atoms with Gasteiger partial charge in [-0.3, -0.25) is 9.48 Å². The number of rotatable bonds is 8. The second kappa shape index (κ2) is 7.88. The molecule has 0 aliphatic carbocycles. The summed E-state index contributed by atoms with van der Waals surface area (Å²) in [6.07, 6.45) is 3.13. The Morgan fingerprint density at radius 2 is 2.10 bits per heavy atom. The van der Waals surface area contributed by atoms with E-state index < -0.39 is 24.0 Å². The molecule has 0 aliphatic rings. The number of carbonyl (C=O) groups is 3. The third kappa shape index (κ3) is 5.93. The molecule has 0 saturated carbocycles. The van der Waals surface area contributed by atoms with Gasteiger partial charge in [-0.1, -0.05) is 0 Å². The highest BCUT2D eigenvalue weighted by atomic mass is 16.4. The molecule has 9 heteroatoms. The lowest BCUT2D eigenvalue weighted by Gasteiger charge is -2.14. The molecule has 0 spiro atoms. The second-order valence-electron chi connectivity index (χ2n) is 4.36. The number of aryl methyl sites for hydroxylation is 1. The molecule has 1 aromatic rings. The quantitative estimate of drug-likeness (QED) is 0.559. The number of anilines is 1. The van der Waals surface area contributed by atoms with E-state index in [2.05, 4.69) is 15.7 Å². The first kappa shape index (κ1) is 16.5. The maximum absolute atomic E-state index is 11.7. The molecule has 0 aliphatic heterocycles. The molecule has 0 bridgehead atoms. The molecule has 0 fully saturated rings. The Bertz CT molecular complexity index is 514. The summed E-state index contributed by atoms with van der Waals surface area (Å²) in [7, 11) is 0. The van der Waals surface area contributed by atoms with Crippen molar-refractivity contribution < 1.29 is 24.6 Å². The average molecular weight is 298 g/mol. The minimum atomic E-state index is -1.21. The molecule has 0 saturated heterocycles. The lowest BCUT2D eigenvalue weighted by atomic mass is 10.1. The largest absolute Gasteiger partial charge is 0.481 e. The van der Waals surface area contributed by atoms with Crippen molar-refractivity contribution in [1.82, 2.24) is 15.1 Å². The first-order chi connectivity index (χ1) is 9.92. The van der Waals surface area contributed by atoms with Crippen molar-refractivity contribution >= 4 is 23.7 Å². The molecule has 2 amide bonds. The number of aromatic nitrogens is 2. The molecule has 9 nitrogen and oxygen atoms in total. The Labute approximate surface area is 120 Å². The Hall–Kier alpha value is -2.58. The van der Waals surface area contributed by atoms with E-state index in [0.717, 1.165) is 0 Å². The zero-order valence-corrected chi connectivity index (χ0v) is 11.6. The fourth-order valence-electron chi connectivity index (χ4n) is 1.64. The number of nitrogens with one attached hydrogen (secondary N) is 2. The van der Waals surface area contributed by atoms with Crippen LogP contribution < -0.4 is 10.6 Å². The van der Waals surface area contributed by atoms with Crippen molar-refractivity contribution in [3.05, 3.63) is 12.4 Å². The van der Waals surface area contributed by atoms with Gasteiger partial charge in [0.2, 0.25) is 0 Å². The average Bonchev–Trinajstić information content (AvgIpc) is 2.84. The maximum atomic E-state index is 11.7. The predicted octanol–water partition coefficient (Wildman–Crippen LogP) is 0.733. The fraction of sp³-hybridized carbons (Fsp3) is 0.500. The number of hydrogen-bond acceptors (Lipinski definition) is 4. The minimum Gasteiger partial charge on any atom is -0.481 e. The van der Waals surface area contributed by atoms with Gasteiger partial charge in [0.1, 0.15) is 6.04 Å². The van der Waals surface area contributed by atoms with Crippen molar-refractivity contribution in [3.63, 3.8) is 0 Å². The normalized spacial score (nSPS) is 11.7. The summed E-state index contributed by atoms with van der Waals surface area (Å²) in [5.41, 5.74) is 0.448. The number of urea groups is 1. The number of carboxylic acids is 2. The van der Waals surface area contributed by atoms with Gasteiger partial charge in [0.05, 0.1) is 11.9 Å². The van der Waals surface area contributed by atoms with E-state index in [4.69, 9.17) is 10.2 Å². The molecular weight excluding hydrogens is 280 g/mol. The first-order valence-corrected chi connectivity index (χ1v) is 6.47. The lowest BCUT2D eigenvalue weighted by molar-refractivity contribution is -0.140. The molecule has 1 rings (SSSR count).